The molecule has 1 aromatic rings. The van der Waals surface area contributed by atoms with Crippen LogP contribution in [0.5, 0.6) is 0 Å². The topological polar surface area (TPSA) is 64.6 Å². The molecule has 0 saturated heterocycles. The lowest BCUT2D eigenvalue weighted by atomic mass is 10.4. The molecule has 1 N–H and O–H groups in total. The van der Waals surface area contributed by atoms with Crippen molar-refractivity contribution >= 4 is 10.1 Å². The van der Waals surface area contributed by atoms with Gasteiger partial charge in [0.15, 0.2) is 0 Å². The fourth-order valence-corrected chi connectivity index (χ4v) is 2.05. The normalized spacial score (nSPS) is 11.6. The van der Waals surface area contributed by atoms with E-state index in [-0.39, 0.29) is 18.1 Å². The van der Waals surface area contributed by atoms with E-state index in [0.29, 0.717) is 6.61 Å². The zero-order valence-electron chi connectivity index (χ0n) is 9.76. The van der Waals surface area contributed by atoms with Gasteiger partial charge in [0.05, 0.1) is 24.7 Å². The van der Waals surface area contributed by atoms with Crippen LogP contribution in [0.25, 0.3) is 0 Å². The average molecular weight is 259 g/mol. The van der Waals surface area contributed by atoms with Crippen LogP contribution in [0.15, 0.2) is 35.2 Å². The van der Waals surface area contributed by atoms with Crippen molar-refractivity contribution in [1.82, 2.24) is 5.32 Å². The van der Waals surface area contributed by atoms with E-state index in [0.717, 1.165) is 6.54 Å². The highest BCUT2D eigenvalue weighted by Crippen LogP contribution is 2.10. The number of hydrogen-bond acceptors (Lipinski definition) is 5. The van der Waals surface area contributed by atoms with Crippen molar-refractivity contribution in [3.8, 4) is 0 Å². The zero-order chi connectivity index (χ0) is 12.6. The van der Waals surface area contributed by atoms with Gasteiger partial charge in [0, 0.05) is 6.54 Å². The third-order valence-corrected chi connectivity index (χ3v) is 3.32. The lowest BCUT2D eigenvalue weighted by Crippen LogP contribution is -2.17. The molecule has 96 valence electrons. The van der Waals surface area contributed by atoms with Crippen LogP contribution in [-0.2, 0) is 19.0 Å². The Hall–Kier alpha value is -0.950. The molecule has 17 heavy (non-hydrogen) atoms. The second kappa shape index (κ2) is 7.39. The first-order valence-corrected chi connectivity index (χ1v) is 6.74. The number of hydrogen-bond donors (Lipinski definition) is 1. The molecule has 0 heterocycles. The van der Waals surface area contributed by atoms with Crippen LogP contribution >= 0.6 is 0 Å². The molecule has 0 amide bonds. The standard InChI is InChI=1S/C11H17NO4S/c1-12-7-8-15-9-10-16-17(13,14)11-5-3-2-4-6-11/h2-6,12H,7-10H2,1H3. The van der Waals surface area contributed by atoms with Gasteiger partial charge in [-0.3, -0.25) is 4.18 Å². The molecule has 6 heteroatoms. The molecular formula is C11H17NO4S. The number of benzene rings is 1. The Bertz CT molecular complexity index is 405. The van der Waals surface area contributed by atoms with Crippen molar-refractivity contribution in [2.75, 3.05) is 33.4 Å². The predicted molar refractivity (Wildman–Crippen MR) is 64.3 cm³/mol. The van der Waals surface area contributed by atoms with E-state index in [2.05, 4.69) is 5.32 Å². The maximum Gasteiger partial charge on any atom is 0.297 e. The van der Waals surface area contributed by atoms with E-state index in [4.69, 9.17) is 8.92 Å². The van der Waals surface area contributed by atoms with Gasteiger partial charge in [-0.2, -0.15) is 8.42 Å². The SMILES string of the molecule is CNCCOCCOS(=O)(=O)c1ccccc1. The Morgan fingerprint density at radius 3 is 2.47 bits per heavy atom. The van der Waals surface area contributed by atoms with Crippen LogP contribution in [0, 0.1) is 0 Å². The summed E-state index contributed by atoms with van der Waals surface area (Å²) >= 11 is 0. The maximum absolute atomic E-state index is 11.6. The predicted octanol–water partition coefficient (Wildman–Crippen LogP) is 0.628. The van der Waals surface area contributed by atoms with E-state index in [9.17, 15) is 8.42 Å². The van der Waals surface area contributed by atoms with E-state index < -0.39 is 10.1 Å². The lowest BCUT2D eigenvalue weighted by Gasteiger charge is -2.06. The van der Waals surface area contributed by atoms with Crippen LogP contribution in [0.3, 0.4) is 0 Å². The Kier molecular flexibility index (Phi) is 6.13. The van der Waals surface area contributed by atoms with Gasteiger partial charge in [0.25, 0.3) is 10.1 Å². The minimum Gasteiger partial charge on any atom is -0.378 e. The number of ether oxygens (including phenoxy) is 1. The first-order chi connectivity index (χ1) is 8.17. The molecule has 0 unspecified atom stereocenters. The third kappa shape index (κ3) is 5.27. The molecular weight excluding hydrogens is 242 g/mol. The van der Waals surface area contributed by atoms with Gasteiger partial charge in [0.1, 0.15) is 0 Å². The first-order valence-electron chi connectivity index (χ1n) is 5.33. The third-order valence-electron chi connectivity index (χ3n) is 1.99. The van der Waals surface area contributed by atoms with Crippen LogP contribution in [0.4, 0.5) is 0 Å². The van der Waals surface area contributed by atoms with Crippen LogP contribution in [0.1, 0.15) is 0 Å². The number of likely N-dealkylation sites (N-methyl/N-ethyl adjacent to an activating group) is 1. The Labute approximate surface area is 102 Å². The second-order valence-electron chi connectivity index (χ2n) is 3.31. The molecule has 0 aliphatic carbocycles. The summed E-state index contributed by atoms with van der Waals surface area (Å²) in [6.45, 7) is 1.55. The zero-order valence-corrected chi connectivity index (χ0v) is 10.6. The van der Waals surface area contributed by atoms with Gasteiger partial charge >= 0.3 is 0 Å². The molecule has 0 fully saturated rings. The second-order valence-corrected chi connectivity index (χ2v) is 4.92. The van der Waals surface area contributed by atoms with Crippen molar-refractivity contribution in [3.63, 3.8) is 0 Å². The van der Waals surface area contributed by atoms with Gasteiger partial charge in [0.2, 0.25) is 0 Å². The average Bonchev–Trinajstić information content (AvgIpc) is 2.35. The van der Waals surface area contributed by atoms with Crippen LogP contribution in [0.2, 0.25) is 0 Å². The fourth-order valence-electron chi connectivity index (χ4n) is 1.13. The Morgan fingerprint density at radius 1 is 1.12 bits per heavy atom. The summed E-state index contributed by atoms with van der Waals surface area (Å²) in [6, 6.07) is 8.05. The van der Waals surface area contributed by atoms with Crippen LogP contribution in [-0.4, -0.2) is 41.8 Å². The van der Waals surface area contributed by atoms with Crippen molar-refractivity contribution in [1.29, 1.82) is 0 Å². The molecule has 0 aliphatic rings. The lowest BCUT2D eigenvalue weighted by molar-refractivity contribution is 0.105. The van der Waals surface area contributed by atoms with E-state index in [1.807, 2.05) is 7.05 Å². The summed E-state index contributed by atoms with van der Waals surface area (Å²) in [4.78, 5) is 0.162. The minimum atomic E-state index is -3.65. The summed E-state index contributed by atoms with van der Waals surface area (Å²) in [5.41, 5.74) is 0. The molecule has 0 bridgehead atoms. The number of nitrogens with one attached hydrogen (secondary N) is 1. The smallest absolute Gasteiger partial charge is 0.297 e. The van der Waals surface area contributed by atoms with E-state index in [1.165, 1.54) is 12.1 Å². The summed E-state index contributed by atoms with van der Waals surface area (Å²) in [6.07, 6.45) is 0. The highest BCUT2D eigenvalue weighted by Gasteiger charge is 2.13. The molecule has 0 radical (unpaired) electrons. The van der Waals surface area contributed by atoms with Gasteiger partial charge in [-0.1, -0.05) is 18.2 Å². The molecule has 5 nitrogen and oxygen atoms in total. The van der Waals surface area contributed by atoms with Crippen LogP contribution < -0.4 is 5.32 Å². The number of rotatable bonds is 8. The summed E-state index contributed by atoms with van der Waals surface area (Å²) < 4.78 is 33.2. The van der Waals surface area contributed by atoms with Gasteiger partial charge in [-0.05, 0) is 19.2 Å². The van der Waals surface area contributed by atoms with Gasteiger partial charge in [-0.25, -0.2) is 0 Å². The van der Waals surface area contributed by atoms with E-state index >= 15 is 0 Å². The molecule has 0 saturated carbocycles. The summed E-state index contributed by atoms with van der Waals surface area (Å²) in [5, 5.41) is 2.92. The van der Waals surface area contributed by atoms with E-state index in [1.54, 1.807) is 18.2 Å². The Morgan fingerprint density at radius 2 is 1.82 bits per heavy atom. The highest BCUT2D eigenvalue weighted by atomic mass is 32.2. The monoisotopic (exact) mass is 259 g/mol. The quantitative estimate of drug-likeness (QED) is 0.548. The first kappa shape index (κ1) is 14.1. The molecule has 0 spiro atoms. The van der Waals surface area contributed by atoms with Gasteiger partial charge < -0.3 is 10.1 Å². The van der Waals surface area contributed by atoms with Crippen molar-refractivity contribution in [2.24, 2.45) is 0 Å². The Balaban J connectivity index is 2.31. The van der Waals surface area contributed by atoms with Gasteiger partial charge in [-0.15, -0.1) is 0 Å². The molecule has 0 aromatic heterocycles. The minimum absolute atomic E-state index is 0.0287. The molecule has 1 aromatic carbocycles. The fraction of sp³-hybridized carbons (Fsp3) is 0.455. The molecule has 0 aliphatic heterocycles. The largest absolute Gasteiger partial charge is 0.378 e. The van der Waals surface area contributed by atoms with Crippen molar-refractivity contribution in [3.05, 3.63) is 30.3 Å². The van der Waals surface area contributed by atoms with Crippen molar-refractivity contribution < 1.29 is 17.3 Å². The molecule has 0 atom stereocenters. The highest BCUT2D eigenvalue weighted by molar-refractivity contribution is 7.86. The summed E-state index contributed by atoms with van der Waals surface area (Å²) in [5.74, 6) is 0. The van der Waals surface area contributed by atoms with Crippen molar-refractivity contribution in [2.45, 2.75) is 4.90 Å². The summed E-state index contributed by atoms with van der Waals surface area (Å²) in [7, 11) is -1.83. The maximum atomic E-state index is 11.6. The molecule has 1 rings (SSSR count).